The first-order valence-corrected chi connectivity index (χ1v) is 14.6. The molecule has 15 nitrogen and oxygen atoms in total. The lowest BCUT2D eigenvalue weighted by molar-refractivity contribution is -0.133. The Morgan fingerprint density at radius 2 is 1.73 bits per heavy atom. The largest absolute Gasteiger partial charge is 0.493 e. The molecule has 1 amide bonds. The SMILES string of the molecule is COc1cc(Nc2ncc(F)c(Nc3ccc4c(n3)N(COP(=O)(O)OC(C)(C)C)C(=O)C(C)(C)O4)n2)cc(OC)c1OC. The number of hydrogen-bond donors (Lipinski definition) is 3. The van der Waals surface area contributed by atoms with Crippen LogP contribution in [0, 0.1) is 5.82 Å². The molecular weight excluding hydrogens is 602 g/mol. The molecule has 238 valence electrons. The van der Waals surface area contributed by atoms with Gasteiger partial charge in [-0.15, -0.1) is 0 Å². The quantitative estimate of drug-likeness (QED) is 0.242. The number of anilines is 5. The average Bonchev–Trinajstić information content (AvgIpc) is 2.93. The number of carbonyl (C=O) groups is 1. The van der Waals surface area contributed by atoms with Crippen molar-refractivity contribution in [3.63, 3.8) is 0 Å². The molecule has 17 heteroatoms. The highest BCUT2D eigenvalue weighted by Gasteiger charge is 2.43. The fourth-order valence-electron chi connectivity index (χ4n) is 4.06. The van der Waals surface area contributed by atoms with Crippen molar-refractivity contribution in [2.45, 2.75) is 45.8 Å². The van der Waals surface area contributed by atoms with Crippen molar-refractivity contribution in [1.29, 1.82) is 0 Å². The van der Waals surface area contributed by atoms with Crippen LogP contribution in [0.1, 0.15) is 34.6 Å². The molecule has 0 radical (unpaired) electrons. The van der Waals surface area contributed by atoms with Crippen LogP contribution in [0.5, 0.6) is 23.0 Å². The topological polar surface area (TPSA) is 176 Å². The highest BCUT2D eigenvalue weighted by Crippen LogP contribution is 2.48. The van der Waals surface area contributed by atoms with Crippen LogP contribution in [0.4, 0.5) is 33.5 Å². The predicted octanol–water partition coefficient (Wildman–Crippen LogP) is 4.92. The zero-order valence-corrected chi connectivity index (χ0v) is 26.3. The standard InChI is InChI=1S/C27H34FN6O9P/c1-26(2,3)43-44(36,37)41-14-34-23-17(42-27(4,5)24(34)35)9-10-20(32-23)31-22-16(28)13-29-25(33-22)30-15-11-18(38-6)21(40-8)19(12-15)39-7/h9-13H,14H2,1-8H3,(H,36,37)(H2,29,30,31,32,33). The number of amides is 1. The van der Waals surface area contributed by atoms with Crippen molar-refractivity contribution in [3.05, 3.63) is 36.3 Å². The first kappa shape index (κ1) is 32.7. The summed E-state index contributed by atoms with van der Waals surface area (Å²) in [7, 11) is -0.141. The van der Waals surface area contributed by atoms with E-state index in [-0.39, 0.29) is 29.2 Å². The summed E-state index contributed by atoms with van der Waals surface area (Å²) in [5, 5.41) is 5.72. The first-order valence-electron chi connectivity index (χ1n) is 13.1. The lowest BCUT2D eigenvalue weighted by Crippen LogP contribution is -2.53. The smallest absolute Gasteiger partial charge is 0.474 e. The maximum atomic E-state index is 14.8. The Morgan fingerprint density at radius 1 is 1.07 bits per heavy atom. The second kappa shape index (κ2) is 12.4. The van der Waals surface area contributed by atoms with Gasteiger partial charge in [-0.2, -0.15) is 4.98 Å². The number of aromatic nitrogens is 3. The number of phosphoric acid groups is 1. The number of halogens is 1. The van der Waals surface area contributed by atoms with Gasteiger partial charge < -0.3 is 34.5 Å². The maximum Gasteiger partial charge on any atom is 0.474 e. The molecule has 4 rings (SSSR count). The fraction of sp³-hybridized carbons (Fsp3) is 0.407. The highest BCUT2D eigenvalue weighted by atomic mass is 31.2. The minimum absolute atomic E-state index is 0.0222. The molecule has 3 aromatic rings. The molecule has 2 aromatic heterocycles. The number of benzene rings is 1. The van der Waals surface area contributed by atoms with Crippen molar-refractivity contribution in [3.8, 4) is 23.0 Å². The second-order valence-corrected chi connectivity index (χ2v) is 12.2. The summed E-state index contributed by atoms with van der Waals surface area (Å²) in [5.74, 6) is -0.269. The lowest BCUT2D eigenvalue weighted by atomic mass is 10.1. The molecule has 1 aliphatic rings. The Labute approximate surface area is 253 Å². The van der Waals surface area contributed by atoms with Gasteiger partial charge in [0.25, 0.3) is 5.91 Å². The van der Waals surface area contributed by atoms with Crippen LogP contribution in [0.15, 0.2) is 30.5 Å². The Balaban J connectivity index is 1.61. The van der Waals surface area contributed by atoms with Crippen LogP contribution in [0.25, 0.3) is 0 Å². The van der Waals surface area contributed by atoms with E-state index >= 15 is 0 Å². The van der Waals surface area contributed by atoms with Crippen LogP contribution in [0.2, 0.25) is 0 Å². The molecule has 0 bridgehead atoms. The number of nitrogens with zero attached hydrogens (tertiary/aromatic N) is 4. The number of methoxy groups -OCH3 is 3. The Morgan fingerprint density at radius 3 is 2.32 bits per heavy atom. The van der Waals surface area contributed by atoms with E-state index in [9.17, 15) is 18.6 Å². The Kier molecular flexibility index (Phi) is 9.21. The summed E-state index contributed by atoms with van der Waals surface area (Å²) < 4.78 is 59.4. The minimum Gasteiger partial charge on any atom is -0.493 e. The fourth-order valence-corrected chi connectivity index (χ4v) is 5.07. The van der Waals surface area contributed by atoms with Crippen molar-refractivity contribution >= 4 is 42.8 Å². The van der Waals surface area contributed by atoms with E-state index in [2.05, 4.69) is 25.6 Å². The van der Waals surface area contributed by atoms with Crippen LogP contribution in [0.3, 0.4) is 0 Å². The Hall–Kier alpha value is -4.24. The van der Waals surface area contributed by atoms with Crippen molar-refractivity contribution in [2.75, 3.05) is 43.6 Å². The van der Waals surface area contributed by atoms with E-state index in [0.29, 0.717) is 22.9 Å². The number of hydrogen-bond acceptors (Lipinski definition) is 13. The van der Waals surface area contributed by atoms with Crippen molar-refractivity contribution in [1.82, 2.24) is 15.0 Å². The van der Waals surface area contributed by atoms with Gasteiger partial charge in [0.2, 0.25) is 11.7 Å². The van der Waals surface area contributed by atoms with E-state index in [1.807, 2.05) is 0 Å². The third-order valence-electron chi connectivity index (χ3n) is 5.87. The number of rotatable bonds is 11. The van der Waals surface area contributed by atoms with E-state index < -0.39 is 37.5 Å². The normalized spacial score (nSPS) is 15.5. The van der Waals surface area contributed by atoms with E-state index in [0.717, 1.165) is 11.1 Å². The minimum atomic E-state index is -4.56. The van der Waals surface area contributed by atoms with Gasteiger partial charge in [-0.25, -0.2) is 18.9 Å². The van der Waals surface area contributed by atoms with Gasteiger partial charge in [0.05, 0.1) is 33.1 Å². The molecular formula is C27H34FN6O9P. The number of ether oxygens (including phenoxy) is 4. The third-order valence-corrected chi connectivity index (χ3v) is 7.09. The number of fused-ring (bicyclic) bond motifs is 1. The molecule has 44 heavy (non-hydrogen) atoms. The summed E-state index contributed by atoms with van der Waals surface area (Å²) in [6.45, 7) is 7.11. The average molecular weight is 637 g/mol. The van der Waals surface area contributed by atoms with Crippen LogP contribution in [-0.4, -0.2) is 65.0 Å². The van der Waals surface area contributed by atoms with Gasteiger partial charge in [0.1, 0.15) is 12.5 Å². The monoisotopic (exact) mass is 636 g/mol. The Bertz CT molecular complexity index is 1580. The summed E-state index contributed by atoms with van der Waals surface area (Å²) in [6, 6.07) is 6.24. The molecule has 0 fully saturated rings. The first-order chi connectivity index (χ1) is 20.6. The lowest BCUT2D eigenvalue weighted by Gasteiger charge is -2.38. The van der Waals surface area contributed by atoms with Gasteiger partial charge in [-0.05, 0) is 46.8 Å². The number of carbonyl (C=O) groups excluding carboxylic acids is 1. The van der Waals surface area contributed by atoms with E-state index in [1.165, 1.54) is 47.3 Å². The summed E-state index contributed by atoms with van der Waals surface area (Å²) in [5.41, 5.74) is -1.87. The van der Waals surface area contributed by atoms with Gasteiger partial charge in [-0.3, -0.25) is 18.7 Å². The summed E-state index contributed by atoms with van der Waals surface area (Å²) in [4.78, 5) is 37.0. The van der Waals surface area contributed by atoms with Gasteiger partial charge in [0, 0.05) is 17.8 Å². The molecule has 3 N–H and O–H groups in total. The van der Waals surface area contributed by atoms with E-state index in [4.69, 9.17) is 28.0 Å². The molecule has 1 aliphatic heterocycles. The van der Waals surface area contributed by atoms with Crippen LogP contribution < -0.4 is 34.5 Å². The molecule has 3 heterocycles. The third kappa shape index (κ3) is 7.45. The predicted molar refractivity (Wildman–Crippen MR) is 158 cm³/mol. The molecule has 0 saturated heterocycles. The second-order valence-electron chi connectivity index (χ2n) is 10.8. The molecule has 0 spiro atoms. The van der Waals surface area contributed by atoms with Gasteiger partial charge >= 0.3 is 7.82 Å². The van der Waals surface area contributed by atoms with E-state index in [1.54, 1.807) is 32.9 Å². The highest BCUT2D eigenvalue weighted by molar-refractivity contribution is 7.47. The molecule has 0 saturated carbocycles. The van der Waals surface area contributed by atoms with Gasteiger partial charge in [0.15, 0.2) is 40.3 Å². The number of phosphoric ester groups is 1. The van der Waals surface area contributed by atoms with Crippen molar-refractivity contribution in [2.24, 2.45) is 0 Å². The summed E-state index contributed by atoms with van der Waals surface area (Å²) in [6.07, 6.45) is 0.956. The summed E-state index contributed by atoms with van der Waals surface area (Å²) >= 11 is 0. The van der Waals surface area contributed by atoms with Crippen molar-refractivity contribution < 1.29 is 46.6 Å². The number of pyridine rings is 1. The zero-order valence-electron chi connectivity index (χ0n) is 25.4. The molecule has 1 atom stereocenters. The van der Waals surface area contributed by atoms with Crippen LogP contribution in [-0.2, 0) is 18.4 Å². The maximum absolute atomic E-state index is 14.8. The molecule has 0 aliphatic carbocycles. The number of nitrogens with one attached hydrogen (secondary N) is 2. The van der Waals surface area contributed by atoms with Gasteiger partial charge in [-0.1, -0.05) is 0 Å². The molecule has 1 aromatic carbocycles. The van der Waals surface area contributed by atoms with Crippen LogP contribution >= 0.6 is 7.82 Å². The zero-order chi connectivity index (χ0) is 32.4. The molecule has 1 unspecified atom stereocenters.